The Kier molecular flexibility index (Phi) is 4.40. The third-order valence-corrected chi connectivity index (χ3v) is 4.50. The summed E-state index contributed by atoms with van der Waals surface area (Å²) in [5.41, 5.74) is -0.220. The number of hydrogen-bond donors (Lipinski definition) is 1. The maximum absolute atomic E-state index is 12.1. The molecule has 2 aromatic rings. The number of nitro benzene ring substituents is 1. The molecule has 1 aromatic heterocycles. The van der Waals surface area contributed by atoms with Crippen molar-refractivity contribution >= 4 is 48.9 Å². The molecule has 1 aromatic carbocycles. The molecule has 11 heteroatoms. The summed E-state index contributed by atoms with van der Waals surface area (Å²) in [6.07, 6.45) is 2.07. The van der Waals surface area contributed by atoms with Gasteiger partial charge >= 0.3 is 0 Å². The van der Waals surface area contributed by atoms with E-state index >= 15 is 0 Å². The van der Waals surface area contributed by atoms with Crippen molar-refractivity contribution in [1.82, 2.24) is 9.97 Å². The highest BCUT2D eigenvalue weighted by Gasteiger charge is 2.18. The van der Waals surface area contributed by atoms with Crippen molar-refractivity contribution in [3.8, 4) is 0 Å². The van der Waals surface area contributed by atoms with E-state index in [9.17, 15) is 18.5 Å². The Morgan fingerprint density at radius 2 is 1.90 bits per heavy atom. The molecule has 0 unspecified atom stereocenters. The van der Waals surface area contributed by atoms with Gasteiger partial charge in [-0.2, -0.15) is 0 Å². The smallest absolute Gasteiger partial charge is 0.279 e. The second kappa shape index (κ2) is 5.92. The molecular formula is C10H6BrClN4O4S. The molecule has 0 atom stereocenters. The van der Waals surface area contributed by atoms with E-state index in [1.807, 2.05) is 0 Å². The number of nitrogens with one attached hydrogen (secondary N) is 1. The second-order valence-electron chi connectivity index (χ2n) is 3.72. The Labute approximate surface area is 132 Å². The first-order chi connectivity index (χ1) is 9.79. The zero-order valence-corrected chi connectivity index (χ0v) is 13.2. The monoisotopic (exact) mass is 392 g/mol. The lowest BCUT2D eigenvalue weighted by atomic mass is 10.3. The molecule has 0 bridgehead atoms. The molecule has 0 aliphatic heterocycles. The molecular weight excluding hydrogens is 388 g/mol. The lowest BCUT2D eigenvalue weighted by Crippen LogP contribution is -2.13. The molecule has 0 aliphatic carbocycles. The van der Waals surface area contributed by atoms with Crippen LogP contribution in [0.4, 0.5) is 11.4 Å². The van der Waals surface area contributed by atoms with E-state index in [1.165, 1.54) is 12.1 Å². The van der Waals surface area contributed by atoms with E-state index in [1.54, 1.807) is 0 Å². The van der Waals surface area contributed by atoms with E-state index in [4.69, 9.17) is 11.6 Å². The zero-order chi connectivity index (χ0) is 15.6. The Morgan fingerprint density at radius 3 is 2.48 bits per heavy atom. The molecule has 0 amide bonds. The minimum absolute atomic E-state index is 0.0415. The summed E-state index contributed by atoms with van der Waals surface area (Å²) in [4.78, 5) is 17.1. The number of nitrogens with zero attached hydrogens (tertiary/aromatic N) is 3. The predicted octanol–water partition coefficient (Wildman–Crippen LogP) is 2.60. The van der Waals surface area contributed by atoms with Gasteiger partial charge < -0.3 is 0 Å². The molecule has 0 radical (unpaired) electrons. The van der Waals surface area contributed by atoms with E-state index in [0.29, 0.717) is 0 Å². The Bertz CT molecular complexity index is 797. The summed E-state index contributed by atoms with van der Waals surface area (Å²) < 4.78 is 26.6. The van der Waals surface area contributed by atoms with E-state index in [2.05, 4.69) is 30.6 Å². The highest BCUT2D eigenvalue weighted by Crippen LogP contribution is 2.28. The highest BCUT2D eigenvalue weighted by atomic mass is 79.9. The van der Waals surface area contributed by atoms with Crippen LogP contribution in [0.15, 0.2) is 40.0 Å². The van der Waals surface area contributed by atoms with Gasteiger partial charge in [-0.25, -0.2) is 18.4 Å². The van der Waals surface area contributed by atoms with Gasteiger partial charge in [0.2, 0.25) is 5.28 Å². The minimum Gasteiger partial charge on any atom is -0.279 e. The SMILES string of the molecule is O=[N+]([O-])c1cc(NS(=O)(=O)c2cnc(Cl)nc2)ccc1Br. The van der Waals surface area contributed by atoms with Crippen molar-refractivity contribution in [2.75, 3.05) is 4.72 Å². The largest absolute Gasteiger partial charge is 0.285 e. The van der Waals surface area contributed by atoms with Crippen LogP contribution in [0.3, 0.4) is 0 Å². The van der Waals surface area contributed by atoms with E-state index in [-0.39, 0.29) is 26.0 Å². The maximum atomic E-state index is 12.1. The van der Waals surface area contributed by atoms with Crippen LogP contribution in [0.25, 0.3) is 0 Å². The first-order valence-corrected chi connectivity index (χ1v) is 7.89. The summed E-state index contributed by atoms with van der Waals surface area (Å²) in [5, 5.41) is 10.7. The fourth-order valence-electron chi connectivity index (χ4n) is 1.37. The third-order valence-electron chi connectivity index (χ3n) is 2.30. The average molecular weight is 394 g/mol. The topological polar surface area (TPSA) is 115 Å². The second-order valence-corrected chi connectivity index (χ2v) is 6.59. The van der Waals surface area contributed by atoms with Gasteiger partial charge in [-0.15, -0.1) is 0 Å². The number of halogens is 2. The third kappa shape index (κ3) is 3.65. The van der Waals surface area contributed by atoms with Gasteiger partial charge in [-0.1, -0.05) is 0 Å². The molecule has 110 valence electrons. The average Bonchev–Trinajstić information content (AvgIpc) is 2.41. The Balaban J connectivity index is 2.35. The standard InChI is InChI=1S/C10H6BrClN4O4S/c11-8-2-1-6(3-9(8)16(17)18)15-21(19,20)7-4-13-10(12)14-5-7/h1-5,15H. The number of benzene rings is 1. The van der Waals surface area contributed by atoms with Gasteiger partial charge in [0.15, 0.2) is 0 Å². The van der Waals surface area contributed by atoms with Crippen molar-refractivity contribution in [3.63, 3.8) is 0 Å². The summed E-state index contributed by atoms with van der Waals surface area (Å²) in [7, 11) is -3.96. The lowest BCUT2D eigenvalue weighted by Gasteiger charge is -2.07. The van der Waals surface area contributed by atoms with Gasteiger partial charge in [0, 0.05) is 6.07 Å². The molecule has 8 nitrogen and oxygen atoms in total. The summed E-state index contributed by atoms with van der Waals surface area (Å²) in [6, 6.07) is 3.85. The summed E-state index contributed by atoms with van der Waals surface area (Å²) in [6.45, 7) is 0. The van der Waals surface area contributed by atoms with Gasteiger partial charge in [0.1, 0.15) is 4.90 Å². The number of sulfonamides is 1. The Morgan fingerprint density at radius 1 is 1.29 bits per heavy atom. The van der Waals surface area contributed by atoms with Crippen LogP contribution in [-0.2, 0) is 10.0 Å². The van der Waals surface area contributed by atoms with Crippen molar-refractivity contribution in [3.05, 3.63) is 50.5 Å². The van der Waals surface area contributed by atoms with Gasteiger partial charge in [-0.3, -0.25) is 14.8 Å². The molecule has 1 heterocycles. The maximum Gasteiger partial charge on any atom is 0.285 e. The Hall–Kier alpha value is -1.78. The van der Waals surface area contributed by atoms with E-state index < -0.39 is 14.9 Å². The molecule has 0 saturated heterocycles. The molecule has 21 heavy (non-hydrogen) atoms. The van der Waals surface area contributed by atoms with Crippen LogP contribution in [0, 0.1) is 10.1 Å². The number of anilines is 1. The first-order valence-electron chi connectivity index (χ1n) is 5.24. The van der Waals surface area contributed by atoms with Crippen molar-refractivity contribution in [2.24, 2.45) is 0 Å². The van der Waals surface area contributed by atoms with Crippen molar-refractivity contribution in [1.29, 1.82) is 0 Å². The zero-order valence-electron chi connectivity index (χ0n) is 10.0. The quantitative estimate of drug-likeness (QED) is 0.485. The summed E-state index contributed by atoms with van der Waals surface area (Å²) in [5.74, 6) is 0. The number of nitro groups is 1. The number of aromatic nitrogens is 2. The van der Waals surface area contributed by atoms with Crippen LogP contribution in [0.2, 0.25) is 5.28 Å². The van der Waals surface area contributed by atoms with E-state index in [0.717, 1.165) is 18.5 Å². The van der Waals surface area contributed by atoms with Crippen LogP contribution in [0.1, 0.15) is 0 Å². The van der Waals surface area contributed by atoms with Crippen LogP contribution < -0.4 is 4.72 Å². The van der Waals surface area contributed by atoms with Crippen LogP contribution in [-0.4, -0.2) is 23.3 Å². The molecule has 0 aliphatic rings. The molecule has 0 saturated carbocycles. The minimum atomic E-state index is -3.96. The van der Waals surface area contributed by atoms with Gasteiger partial charge in [0.25, 0.3) is 15.7 Å². The first kappa shape index (κ1) is 15.6. The molecule has 1 N–H and O–H groups in total. The predicted molar refractivity (Wildman–Crippen MR) is 78.6 cm³/mol. The van der Waals surface area contributed by atoms with Gasteiger partial charge in [0.05, 0.1) is 27.5 Å². The van der Waals surface area contributed by atoms with Crippen LogP contribution in [0.5, 0.6) is 0 Å². The normalized spacial score (nSPS) is 11.1. The molecule has 2 rings (SSSR count). The van der Waals surface area contributed by atoms with Crippen molar-refractivity contribution < 1.29 is 13.3 Å². The van der Waals surface area contributed by atoms with Crippen molar-refractivity contribution in [2.45, 2.75) is 4.90 Å². The molecule has 0 spiro atoms. The fourth-order valence-corrected chi connectivity index (χ4v) is 2.80. The highest BCUT2D eigenvalue weighted by molar-refractivity contribution is 9.10. The summed E-state index contributed by atoms with van der Waals surface area (Å²) >= 11 is 8.49. The number of rotatable bonds is 4. The lowest BCUT2D eigenvalue weighted by molar-refractivity contribution is -0.385. The molecule has 0 fully saturated rings. The number of hydrogen-bond acceptors (Lipinski definition) is 6. The van der Waals surface area contributed by atoms with Gasteiger partial charge in [-0.05, 0) is 39.7 Å². The van der Waals surface area contributed by atoms with Crippen LogP contribution >= 0.6 is 27.5 Å². The fraction of sp³-hybridized carbons (Fsp3) is 0.